The summed E-state index contributed by atoms with van der Waals surface area (Å²) < 4.78 is 5.30. The number of carbonyl (C=O) groups is 1. The van der Waals surface area contributed by atoms with Crippen LogP contribution in [0.5, 0.6) is 0 Å². The Hall–Kier alpha value is -1.94. The number of nitrogens with one attached hydrogen (secondary N) is 1. The van der Waals surface area contributed by atoms with Crippen LogP contribution in [0.1, 0.15) is 20.9 Å². The number of benzene rings is 1. The van der Waals surface area contributed by atoms with Crippen LogP contribution in [0.4, 0.5) is 0 Å². The fourth-order valence-electron chi connectivity index (χ4n) is 2.76. The Morgan fingerprint density at radius 3 is 2.73 bits per heavy atom. The van der Waals surface area contributed by atoms with E-state index in [1.165, 1.54) is 29.9 Å². The predicted molar refractivity (Wildman–Crippen MR) is 128 cm³/mol. The molecule has 0 amide bonds. The number of methoxy groups -OCH3 is 1. The van der Waals surface area contributed by atoms with Gasteiger partial charge in [-0.05, 0) is 40.5 Å². The number of carbonyl (C=O) groups excluding carboxylic acids is 1. The third-order valence-electron chi connectivity index (χ3n) is 4.23. The summed E-state index contributed by atoms with van der Waals surface area (Å²) in [5, 5.41) is 4.37. The quantitative estimate of drug-likeness (QED) is 0.481. The molecule has 2 aromatic heterocycles. The average molecular weight is 555 g/mol. The van der Waals surface area contributed by atoms with Gasteiger partial charge in [-0.25, -0.2) is 9.78 Å². The number of esters is 1. The van der Waals surface area contributed by atoms with E-state index in [1.54, 1.807) is 29.7 Å². The zero-order valence-electron chi connectivity index (χ0n) is 16.3. The lowest BCUT2D eigenvalue weighted by molar-refractivity contribution is 0.0601. The maximum absolute atomic E-state index is 11.6. The van der Waals surface area contributed by atoms with Gasteiger partial charge in [-0.1, -0.05) is 12.1 Å². The van der Waals surface area contributed by atoms with Gasteiger partial charge in [0.1, 0.15) is 5.01 Å². The molecule has 3 heterocycles. The van der Waals surface area contributed by atoms with Gasteiger partial charge in [-0.3, -0.25) is 9.78 Å². The zero-order valence-corrected chi connectivity index (χ0v) is 20.4. The maximum Gasteiger partial charge on any atom is 0.337 e. The molecule has 0 atom stereocenters. The van der Waals surface area contributed by atoms with Gasteiger partial charge in [0.15, 0.2) is 5.43 Å². The molecule has 4 rings (SSSR count). The first-order valence-electron chi connectivity index (χ1n) is 9.06. The summed E-state index contributed by atoms with van der Waals surface area (Å²) in [7, 11) is 1.40. The van der Waals surface area contributed by atoms with Crippen molar-refractivity contribution >= 4 is 50.2 Å². The Labute approximate surface area is 197 Å². The van der Waals surface area contributed by atoms with Crippen LogP contribution >= 0.6 is 44.2 Å². The molecule has 0 fully saturated rings. The third kappa shape index (κ3) is 6.53. The van der Waals surface area contributed by atoms with Gasteiger partial charge < -0.3 is 10.1 Å². The number of halogens is 2. The van der Waals surface area contributed by atoms with Crippen LogP contribution < -0.4 is 10.7 Å². The first-order valence-corrected chi connectivity index (χ1v) is 10.7. The Morgan fingerprint density at radius 1 is 1.17 bits per heavy atom. The van der Waals surface area contributed by atoms with E-state index in [2.05, 4.69) is 26.2 Å². The molecule has 30 heavy (non-hydrogen) atoms. The number of ether oxygens (including phenoxy) is 1. The highest BCUT2D eigenvalue weighted by Crippen LogP contribution is 2.30. The zero-order chi connectivity index (χ0) is 20.6. The smallest absolute Gasteiger partial charge is 0.337 e. The summed E-state index contributed by atoms with van der Waals surface area (Å²) in [6.45, 7) is 2.00. The largest absolute Gasteiger partial charge is 0.465 e. The molecule has 0 spiro atoms. The molecular formula is C21H21Br2N3O3S. The number of nitrogens with zero attached hydrogens (tertiary/aromatic N) is 2. The van der Waals surface area contributed by atoms with Gasteiger partial charge in [0.2, 0.25) is 0 Å². The number of rotatable bonds is 2. The summed E-state index contributed by atoms with van der Waals surface area (Å²) in [5.41, 5.74) is 2.70. The van der Waals surface area contributed by atoms with E-state index in [4.69, 9.17) is 9.72 Å². The van der Waals surface area contributed by atoms with E-state index in [0.29, 0.717) is 10.0 Å². The molecule has 0 bridgehead atoms. The van der Waals surface area contributed by atoms with Crippen molar-refractivity contribution in [1.82, 2.24) is 15.3 Å². The predicted octanol–water partition coefficient (Wildman–Crippen LogP) is 4.07. The molecule has 6 nitrogen and oxygen atoms in total. The van der Waals surface area contributed by atoms with Crippen molar-refractivity contribution in [3.8, 4) is 10.6 Å². The molecule has 0 unspecified atom stereocenters. The molecule has 0 radical (unpaired) electrons. The molecule has 1 N–H and O–H groups in total. The summed E-state index contributed by atoms with van der Waals surface area (Å²) >= 11 is 4.80. The lowest BCUT2D eigenvalue weighted by atomic mass is 10.1. The first-order chi connectivity index (χ1) is 14.1. The molecule has 0 saturated carbocycles. The highest BCUT2D eigenvalue weighted by Gasteiger charge is 2.15. The number of aromatic nitrogens is 2. The SMILES string of the molecule is Br.COC(=O)c1cccc(-c2nc3c(s2)CCNCC3)c1.O=c1ccnccc1Br. The molecule has 3 aromatic rings. The maximum atomic E-state index is 11.6. The molecule has 0 aliphatic carbocycles. The minimum atomic E-state index is -0.311. The Bertz CT molecular complexity index is 1040. The summed E-state index contributed by atoms with van der Waals surface area (Å²) in [4.78, 5) is 32.1. The van der Waals surface area contributed by atoms with Crippen molar-refractivity contribution in [3.05, 3.63) is 79.6 Å². The number of hydrogen-bond donors (Lipinski definition) is 1. The standard InChI is InChI=1S/C15H16N2O2S.C6H4BrNO.BrH/c1-19-15(18)11-4-2-3-10(9-11)14-17-12-5-7-16-8-6-13(12)20-14;7-5-1-3-8-4-2-6(5)9;/h2-4,9,16H,5-8H2,1H3;1-4H;1H. The van der Waals surface area contributed by atoms with Crippen molar-refractivity contribution in [2.45, 2.75) is 12.8 Å². The second kappa shape index (κ2) is 12.0. The van der Waals surface area contributed by atoms with Gasteiger partial charge >= 0.3 is 5.97 Å². The third-order valence-corrected chi connectivity index (χ3v) is 6.09. The summed E-state index contributed by atoms with van der Waals surface area (Å²) in [6, 6.07) is 10.5. The highest BCUT2D eigenvalue weighted by molar-refractivity contribution is 9.10. The topological polar surface area (TPSA) is 81.2 Å². The Kier molecular flexibility index (Phi) is 9.77. The second-order valence-corrected chi connectivity index (χ2v) is 8.14. The Morgan fingerprint density at radius 2 is 1.93 bits per heavy atom. The Balaban J connectivity index is 0.000000272. The lowest BCUT2D eigenvalue weighted by Gasteiger charge is -2.01. The van der Waals surface area contributed by atoms with Crippen LogP contribution in [0.15, 0.2) is 58.1 Å². The monoisotopic (exact) mass is 553 g/mol. The van der Waals surface area contributed by atoms with Gasteiger partial charge in [-0.15, -0.1) is 28.3 Å². The van der Waals surface area contributed by atoms with Crippen molar-refractivity contribution in [1.29, 1.82) is 0 Å². The molecule has 0 saturated heterocycles. The molecule has 1 aliphatic rings. The summed E-state index contributed by atoms with van der Waals surface area (Å²) in [6.07, 6.45) is 5.03. The van der Waals surface area contributed by atoms with Crippen molar-refractivity contribution in [2.24, 2.45) is 0 Å². The number of fused-ring (bicyclic) bond motifs is 1. The summed E-state index contributed by atoms with van der Waals surface area (Å²) in [5.74, 6) is -0.311. The lowest BCUT2D eigenvalue weighted by Crippen LogP contribution is -2.16. The van der Waals surface area contributed by atoms with E-state index in [9.17, 15) is 9.59 Å². The van der Waals surface area contributed by atoms with Gasteiger partial charge in [0.05, 0.1) is 22.8 Å². The molecule has 1 aromatic carbocycles. The normalized spacial score (nSPS) is 12.3. The molecule has 158 valence electrons. The van der Waals surface area contributed by atoms with Crippen molar-refractivity contribution in [2.75, 3.05) is 20.2 Å². The second-order valence-electron chi connectivity index (χ2n) is 6.20. The fraction of sp³-hybridized carbons (Fsp3) is 0.238. The van der Waals surface area contributed by atoms with Crippen LogP contribution in [-0.2, 0) is 17.6 Å². The van der Waals surface area contributed by atoms with Gasteiger partial charge in [0.25, 0.3) is 0 Å². The van der Waals surface area contributed by atoms with Crippen LogP contribution in [0.3, 0.4) is 0 Å². The average Bonchev–Trinajstić information content (AvgIpc) is 2.89. The minimum absolute atomic E-state index is 0. The highest BCUT2D eigenvalue weighted by atomic mass is 79.9. The van der Waals surface area contributed by atoms with E-state index in [-0.39, 0.29) is 28.4 Å². The molecular weight excluding hydrogens is 534 g/mol. The van der Waals surface area contributed by atoms with Crippen molar-refractivity contribution in [3.63, 3.8) is 0 Å². The fourth-order valence-corrected chi connectivity index (χ4v) is 4.11. The van der Waals surface area contributed by atoms with Crippen molar-refractivity contribution < 1.29 is 9.53 Å². The van der Waals surface area contributed by atoms with Gasteiger partial charge in [0, 0.05) is 48.4 Å². The molecule has 1 aliphatic heterocycles. The van der Waals surface area contributed by atoms with Crippen LogP contribution in [0, 0.1) is 0 Å². The number of thiazole rings is 1. The van der Waals surface area contributed by atoms with Crippen LogP contribution in [-0.4, -0.2) is 36.1 Å². The first kappa shape index (κ1) is 24.3. The minimum Gasteiger partial charge on any atom is -0.465 e. The van der Waals surface area contributed by atoms with E-state index < -0.39 is 0 Å². The van der Waals surface area contributed by atoms with Crippen LogP contribution in [0.25, 0.3) is 10.6 Å². The van der Waals surface area contributed by atoms with Gasteiger partial charge in [-0.2, -0.15) is 0 Å². The van der Waals surface area contributed by atoms with Crippen LogP contribution in [0.2, 0.25) is 0 Å². The molecule has 9 heteroatoms. The van der Waals surface area contributed by atoms with E-state index >= 15 is 0 Å². The van der Waals surface area contributed by atoms with E-state index in [0.717, 1.165) is 36.5 Å². The number of hydrogen-bond acceptors (Lipinski definition) is 7. The van der Waals surface area contributed by atoms with E-state index in [1.807, 2.05) is 18.2 Å².